The van der Waals surface area contributed by atoms with Gasteiger partial charge in [0.1, 0.15) is 11.2 Å². The molecule has 5 heteroatoms. The van der Waals surface area contributed by atoms with Gasteiger partial charge < -0.3 is 4.42 Å². The Hall–Kier alpha value is -8.41. The molecule has 1 atom stereocenters. The number of hydrogen-bond acceptors (Lipinski definition) is 4. The fourth-order valence-corrected chi connectivity index (χ4v) is 11.4. The van der Waals surface area contributed by atoms with Crippen molar-refractivity contribution in [2.45, 2.75) is 25.2 Å². The predicted octanol–water partition coefficient (Wildman–Crippen LogP) is 15.3. The lowest BCUT2D eigenvalue weighted by Gasteiger charge is -2.22. The molecule has 5 nitrogen and oxygen atoms in total. The summed E-state index contributed by atoms with van der Waals surface area (Å²) in [6.07, 6.45) is 0. The van der Waals surface area contributed by atoms with Crippen molar-refractivity contribution in [2.24, 2.45) is 0 Å². The van der Waals surface area contributed by atoms with Crippen LogP contribution in [0.15, 0.2) is 205 Å². The Labute approximate surface area is 381 Å². The minimum absolute atomic E-state index is 0.0340. The minimum atomic E-state index is -0.0849. The second-order valence-electron chi connectivity index (χ2n) is 18.3. The second-order valence-corrected chi connectivity index (χ2v) is 18.3. The molecule has 12 aromatic rings. The van der Waals surface area contributed by atoms with Crippen molar-refractivity contribution < 1.29 is 4.42 Å². The van der Waals surface area contributed by atoms with Crippen molar-refractivity contribution in [2.75, 3.05) is 0 Å². The highest BCUT2D eigenvalue weighted by Crippen LogP contribution is 2.58. The number of rotatable bonds is 5. The smallest absolute Gasteiger partial charge is 0.238 e. The van der Waals surface area contributed by atoms with Gasteiger partial charge in [-0.2, -0.15) is 9.97 Å². The second kappa shape index (κ2) is 13.8. The van der Waals surface area contributed by atoms with E-state index in [1.807, 2.05) is 12.1 Å². The molecule has 1 unspecified atom stereocenters. The van der Waals surface area contributed by atoms with Gasteiger partial charge in [-0.25, -0.2) is 4.98 Å². The summed E-state index contributed by atoms with van der Waals surface area (Å²) in [7, 11) is 0. The Kier molecular flexibility index (Phi) is 7.74. The molecule has 9 aromatic carbocycles. The molecule has 0 saturated carbocycles. The first-order valence-corrected chi connectivity index (χ1v) is 22.7. The topological polar surface area (TPSA) is 56.7 Å². The summed E-state index contributed by atoms with van der Waals surface area (Å²) in [5.74, 6) is 1.76. The maximum Gasteiger partial charge on any atom is 0.238 e. The quantitative estimate of drug-likeness (QED) is 0.173. The van der Waals surface area contributed by atoms with Gasteiger partial charge in [-0.3, -0.25) is 4.57 Å². The zero-order chi connectivity index (χ0) is 43.7. The molecule has 0 amide bonds. The van der Waals surface area contributed by atoms with Crippen LogP contribution in [0, 0.1) is 0 Å². The molecule has 2 aliphatic carbocycles. The highest BCUT2D eigenvalue weighted by Gasteiger charge is 2.41. The van der Waals surface area contributed by atoms with E-state index in [0.717, 1.165) is 66.0 Å². The average Bonchev–Trinajstić information content (AvgIpc) is 4.09. The summed E-state index contributed by atoms with van der Waals surface area (Å²) in [5, 5.41) is 4.44. The number of benzene rings is 9. The van der Waals surface area contributed by atoms with Crippen LogP contribution in [0.4, 0.5) is 0 Å². The summed E-state index contributed by atoms with van der Waals surface area (Å²) >= 11 is 0. The lowest BCUT2D eigenvalue weighted by Crippen LogP contribution is -2.15. The highest BCUT2D eigenvalue weighted by atomic mass is 16.3. The maximum absolute atomic E-state index is 6.62. The molecule has 310 valence electrons. The Bertz CT molecular complexity index is 3930. The molecule has 3 heterocycles. The van der Waals surface area contributed by atoms with Gasteiger partial charge in [-0.15, -0.1) is 0 Å². The van der Waals surface area contributed by atoms with E-state index in [1.165, 1.54) is 50.1 Å². The van der Waals surface area contributed by atoms with Gasteiger partial charge >= 0.3 is 0 Å². The third-order valence-electron chi connectivity index (χ3n) is 14.4. The van der Waals surface area contributed by atoms with E-state index in [0.29, 0.717) is 17.6 Å². The van der Waals surface area contributed by atoms with Crippen LogP contribution in [0.25, 0.3) is 106 Å². The average molecular weight is 845 g/mol. The molecule has 0 bridgehead atoms. The maximum atomic E-state index is 6.62. The van der Waals surface area contributed by atoms with Crippen LogP contribution in [0.1, 0.15) is 47.6 Å². The van der Waals surface area contributed by atoms with Gasteiger partial charge in [-0.1, -0.05) is 178 Å². The lowest BCUT2D eigenvalue weighted by atomic mass is 9.81. The molecule has 0 aliphatic heterocycles. The Morgan fingerprint density at radius 3 is 1.89 bits per heavy atom. The molecule has 0 radical (unpaired) electrons. The van der Waals surface area contributed by atoms with Crippen LogP contribution >= 0.6 is 0 Å². The minimum Gasteiger partial charge on any atom is -0.456 e. The predicted molar refractivity (Wildman–Crippen MR) is 268 cm³/mol. The number of fused-ring (bicyclic) bond motifs is 13. The van der Waals surface area contributed by atoms with Gasteiger partial charge in [0.2, 0.25) is 5.95 Å². The van der Waals surface area contributed by atoms with Crippen molar-refractivity contribution >= 4 is 43.7 Å². The van der Waals surface area contributed by atoms with Gasteiger partial charge in [-0.05, 0) is 97.6 Å². The normalized spacial score (nSPS) is 14.5. The number of nitrogens with zero attached hydrogens (tertiary/aromatic N) is 4. The lowest BCUT2D eigenvalue weighted by molar-refractivity contribution is 0.660. The first kappa shape index (κ1) is 37.0. The fraction of sp³-hybridized carbons (Fsp3) is 0.0656. The van der Waals surface area contributed by atoms with Crippen molar-refractivity contribution in [3.05, 3.63) is 228 Å². The molecule has 14 rings (SSSR count). The molecule has 0 saturated heterocycles. The standard InChI is InChI=1S/C61H40N4O/c1-61(2)48-26-11-8-24-45(48)57-49(61)33-32-47-54(43-22-6-7-23-44(43)56(47)57)37-18-14-19-38(34-37)58-62-59(64-60(63-58)65-50-27-12-9-20-41(50)42-21-10-13-28-51(42)65)39-30-31-46-53(35-39)66-52-29-15-25-40(55(46)52)36-16-4-3-5-17-36/h3-35,54H,1-2H3. The Morgan fingerprint density at radius 1 is 0.439 bits per heavy atom. The summed E-state index contributed by atoms with van der Waals surface area (Å²) in [5.41, 5.74) is 19.7. The molecule has 3 aromatic heterocycles. The summed E-state index contributed by atoms with van der Waals surface area (Å²) < 4.78 is 8.80. The first-order chi connectivity index (χ1) is 32.5. The third-order valence-corrected chi connectivity index (χ3v) is 14.4. The van der Waals surface area contributed by atoms with E-state index in [-0.39, 0.29) is 11.3 Å². The largest absolute Gasteiger partial charge is 0.456 e. The van der Waals surface area contributed by atoms with Crippen molar-refractivity contribution in [3.63, 3.8) is 0 Å². The van der Waals surface area contributed by atoms with Crippen LogP contribution in [0.3, 0.4) is 0 Å². The van der Waals surface area contributed by atoms with Crippen LogP contribution in [-0.4, -0.2) is 19.5 Å². The van der Waals surface area contributed by atoms with Crippen molar-refractivity contribution in [3.8, 4) is 62.1 Å². The Balaban J connectivity index is 0.964. The summed E-state index contributed by atoms with van der Waals surface area (Å²) in [6, 6.07) is 71.7. The van der Waals surface area contributed by atoms with Gasteiger partial charge in [0.15, 0.2) is 11.6 Å². The number of aromatic nitrogens is 4. The van der Waals surface area contributed by atoms with Crippen LogP contribution in [-0.2, 0) is 5.41 Å². The van der Waals surface area contributed by atoms with Crippen LogP contribution in [0.2, 0.25) is 0 Å². The van der Waals surface area contributed by atoms with Gasteiger partial charge in [0, 0.05) is 44.0 Å². The van der Waals surface area contributed by atoms with E-state index in [9.17, 15) is 0 Å². The van der Waals surface area contributed by atoms with Gasteiger partial charge in [0.25, 0.3) is 0 Å². The number of furan rings is 1. The van der Waals surface area contributed by atoms with E-state index >= 15 is 0 Å². The number of hydrogen-bond donors (Lipinski definition) is 0. The van der Waals surface area contributed by atoms with Crippen molar-refractivity contribution in [1.82, 2.24) is 19.5 Å². The zero-order valence-corrected chi connectivity index (χ0v) is 36.3. The van der Waals surface area contributed by atoms with Crippen LogP contribution < -0.4 is 0 Å². The van der Waals surface area contributed by atoms with Crippen molar-refractivity contribution in [1.29, 1.82) is 0 Å². The first-order valence-electron chi connectivity index (χ1n) is 22.7. The monoisotopic (exact) mass is 844 g/mol. The molecular weight excluding hydrogens is 805 g/mol. The van der Waals surface area contributed by atoms with Crippen LogP contribution in [0.5, 0.6) is 0 Å². The van der Waals surface area contributed by atoms with E-state index in [2.05, 4.69) is 206 Å². The third kappa shape index (κ3) is 5.25. The SMILES string of the molecule is CC1(C)c2ccccc2-c2c1ccc1c2-c2ccccc2C1c1cccc(-c2nc(-c3ccc4c(c3)oc3cccc(-c5ccccc5)c34)nc(-n3c4ccccc4c4ccccc43)n2)c1. The zero-order valence-electron chi connectivity index (χ0n) is 36.3. The summed E-state index contributed by atoms with van der Waals surface area (Å²) in [6.45, 7) is 4.72. The fourth-order valence-electron chi connectivity index (χ4n) is 11.4. The van der Waals surface area contributed by atoms with E-state index < -0.39 is 0 Å². The molecule has 2 aliphatic rings. The molecule has 0 N–H and O–H groups in total. The molecule has 0 fully saturated rings. The Morgan fingerprint density at radius 2 is 1.09 bits per heavy atom. The van der Waals surface area contributed by atoms with Gasteiger partial charge in [0.05, 0.1) is 11.0 Å². The molecule has 66 heavy (non-hydrogen) atoms. The molecular formula is C61H40N4O. The highest BCUT2D eigenvalue weighted by molar-refractivity contribution is 6.13. The van der Waals surface area contributed by atoms with E-state index in [4.69, 9.17) is 19.4 Å². The summed E-state index contributed by atoms with van der Waals surface area (Å²) in [4.78, 5) is 16.0. The molecule has 0 spiro atoms. The number of para-hydroxylation sites is 2. The van der Waals surface area contributed by atoms with E-state index in [1.54, 1.807) is 0 Å².